The number of hydrogen-bond acceptors (Lipinski definition) is 4. The molecule has 0 saturated carbocycles. The van der Waals surface area contributed by atoms with Gasteiger partial charge in [0.1, 0.15) is 11.5 Å². The summed E-state index contributed by atoms with van der Waals surface area (Å²) in [6, 6.07) is 16.3. The van der Waals surface area contributed by atoms with E-state index >= 15 is 0 Å². The van der Waals surface area contributed by atoms with Crippen LogP contribution in [-0.4, -0.2) is 27.3 Å². The first kappa shape index (κ1) is 42.2. The first-order valence-electron chi connectivity index (χ1n) is 12.4. The summed E-state index contributed by atoms with van der Waals surface area (Å²) in [6.45, 7) is 8.47. The van der Waals surface area contributed by atoms with Crippen LogP contribution in [0.4, 0.5) is 0 Å². The van der Waals surface area contributed by atoms with Gasteiger partial charge in [0.15, 0.2) is 0 Å². The summed E-state index contributed by atoms with van der Waals surface area (Å²) < 4.78 is 10.6. The average molecular weight is 589 g/mol. The summed E-state index contributed by atoms with van der Waals surface area (Å²) in [7, 11) is 3.44. The third kappa shape index (κ3) is 20.2. The molecule has 8 heteroatoms. The maximum atomic E-state index is 5.30. The van der Waals surface area contributed by atoms with Crippen LogP contribution in [0.3, 0.4) is 0 Å². The van der Waals surface area contributed by atoms with E-state index in [0.29, 0.717) is 0 Å². The maximum absolute atomic E-state index is 5.30. The first-order valence-corrected chi connectivity index (χ1v) is 12.4. The minimum Gasteiger partial charge on any atom is -0.496 e. The molecule has 0 aliphatic carbocycles. The Morgan fingerprint density at radius 3 is 1.22 bits per heavy atom. The van der Waals surface area contributed by atoms with Crippen LogP contribution >= 0.6 is 49.6 Å². The molecule has 4 nitrogen and oxygen atoms in total. The van der Waals surface area contributed by atoms with Gasteiger partial charge in [-0.05, 0) is 38.1 Å². The second kappa shape index (κ2) is 30.3. The number of halogens is 4. The Hall–Kier alpha value is -0.880. The zero-order chi connectivity index (χ0) is 23.3. The number of methoxy groups -OCH3 is 2. The molecule has 0 unspecified atom stereocenters. The van der Waals surface area contributed by atoms with Gasteiger partial charge in [0, 0.05) is 24.2 Å². The van der Waals surface area contributed by atoms with Crippen LogP contribution in [0.25, 0.3) is 0 Å². The number of hydrogen-bond donors (Lipinski definition) is 2. The van der Waals surface area contributed by atoms with Gasteiger partial charge in [-0.1, -0.05) is 88.8 Å². The summed E-state index contributed by atoms with van der Waals surface area (Å²) in [5, 5.41) is 6.91. The molecule has 0 radical (unpaired) electrons. The van der Waals surface area contributed by atoms with Crippen LogP contribution in [0.5, 0.6) is 11.5 Å². The number of rotatable bonds is 16. The summed E-state index contributed by atoms with van der Waals surface area (Å²) in [5.41, 5.74) is 2.47. The van der Waals surface area contributed by atoms with Crippen molar-refractivity contribution in [2.24, 2.45) is 0 Å². The van der Waals surface area contributed by atoms with E-state index in [2.05, 4.69) is 48.7 Å². The molecule has 0 aliphatic rings. The van der Waals surface area contributed by atoms with Gasteiger partial charge in [-0.25, -0.2) is 0 Å². The van der Waals surface area contributed by atoms with E-state index in [0.717, 1.165) is 37.7 Å². The van der Waals surface area contributed by atoms with Crippen LogP contribution in [-0.2, 0) is 13.1 Å². The van der Waals surface area contributed by atoms with Gasteiger partial charge in [-0.3, -0.25) is 0 Å². The maximum Gasteiger partial charge on any atom is 0.123 e. The molecule has 0 heterocycles. The molecule has 0 bridgehead atoms. The smallest absolute Gasteiger partial charge is 0.123 e. The molecule has 0 amide bonds. The van der Waals surface area contributed by atoms with Crippen LogP contribution in [0.2, 0.25) is 0 Å². The SMILES string of the molecule is CCCCCCNCc1ccccc1OC.CCCCCCNCc1ccccc1OC.Cl.Cl.Cl.Cl. The third-order valence-electron chi connectivity index (χ3n) is 5.43. The van der Waals surface area contributed by atoms with Crippen molar-refractivity contribution in [3.05, 3.63) is 59.7 Å². The van der Waals surface area contributed by atoms with E-state index in [9.17, 15) is 0 Å². The fraction of sp³-hybridized carbons (Fsp3) is 0.571. The predicted octanol–water partition coefficient (Wildman–Crippen LogP) is 8.42. The Kier molecular flexibility index (Phi) is 35.6. The molecule has 0 aromatic heterocycles. The lowest BCUT2D eigenvalue weighted by molar-refractivity contribution is 0.407. The molecule has 36 heavy (non-hydrogen) atoms. The number of para-hydroxylation sites is 2. The molecule has 0 aliphatic heterocycles. The minimum atomic E-state index is 0. The molecular weight excluding hydrogens is 538 g/mol. The van der Waals surface area contributed by atoms with Gasteiger partial charge in [-0.15, -0.1) is 49.6 Å². The molecule has 0 saturated heterocycles. The van der Waals surface area contributed by atoms with Gasteiger partial charge in [0.2, 0.25) is 0 Å². The summed E-state index contributed by atoms with van der Waals surface area (Å²) in [4.78, 5) is 0. The molecule has 0 spiro atoms. The Morgan fingerprint density at radius 2 is 0.889 bits per heavy atom. The van der Waals surface area contributed by atoms with Gasteiger partial charge in [0.25, 0.3) is 0 Å². The number of ether oxygens (including phenoxy) is 2. The Morgan fingerprint density at radius 1 is 0.528 bits per heavy atom. The zero-order valence-electron chi connectivity index (χ0n) is 22.6. The highest BCUT2D eigenvalue weighted by atomic mass is 35.5. The molecule has 2 rings (SSSR count). The standard InChI is InChI=1S/2C14H23NO.4ClH/c2*1-3-4-5-8-11-15-12-13-9-6-7-10-14(13)16-2;;;;/h2*6-7,9-10,15H,3-5,8,11-12H2,1-2H3;4*1H. The Bertz CT molecular complexity index is 649. The normalized spacial score (nSPS) is 9.22. The molecular formula is C28H50Cl4N2O2. The van der Waals surface area contributed by atoms with E-state index in [-0.39, 0.29) is 49.6 Å². The van der Waals surface area contributed by atoms with Crippen molar-refractivity contribution in [1.82, 2.24) is 10.6 Å². The van der Waals surface area contributed by atoms with Crippen molar-refractivity contribution < 1.29 is 9.47 Å². The monoisotopic (exact) mass is 586 g/mol. The predicted molar refractivity (Wildman–Crippen MR) is 167 cm³/mol. The molecule has 0 atom stereocenters. The second-order valence-electron chi connectivity index (χ2n) is 8.10. The highest BCUT2D eigenvalue weighted by Gasteiger charge is 2.01. The molecule has 2 N–H and O–H groups in total. The Balaban J connectivity index is -0.000000256. The highest BCUT2D eigenvalue weighted by molar-refractivity contribution is 5.86. The molecule has 2 aromatic rings. The molecule has 0 fully saturated rings. The van der Waals surface area contributed by atoms with Gasteiger partial charge in [0.05, 0.1) is 14.2 Å². The van der Waals surface area contributed by atoms with Crippen molar-refractivity contribution in [3.8, 4) is 11.5 Å². The number of nitrogens with one attached hydrogen (secondary N) is 2. The summed E-state index contributed by atoms with van der Waals surface area (Å²) in [6.07, 6.45) is 10.5. The van der Waals surface area contributed by atoms with E-state index in [4.69, 9.17) is 9.47 Å². The third-order valence-corrected chi connectivity index (χ3v) is 5.43. The zero-order valence-corrected chi connectivity index (χ0v) is 25.8. The fourth-order valence-electron chi connectivity index (χ4n) is 3.50. The Labute approximate surface area is 245 Å². The lowest BCUT2D eigenvalue weighted by Crippen LogP contribution is -2.15. The topological polar surface area (TPSA) is 42.5 Å². The van der Waals surface area contributed by atoms with Crippen LogP contribution in [0.15, 0.2) is 48.5 Å². The van der Waals surface area contributed by atoms with Crippen LogP contribution < -0.4 is 20.1 Å². The van der Waals surface area contributed by atoms with E-state index in [1.807, 2.05) is 24.3 Å². The lowest BCUT2D eigenvalue weighted by atomic mass is 10.2. The second-order valence-corrected chi connectivity index (χ2v) is 8.10. The lowest BCUT2D eigenvalue weighted by Gasteiger charge is -2.09. The van der Waals surface area contributed by atoms with E-state index in [1.54, 1.807) is 14.2 Å². The van der Waals surface area contributed by atoms with Crippen LogP contribution in [0.1, 0.15) is 76.3 Å². The van der Waals surface area contributed by atoms with Crippen molar-refractivity contribution in [2.75, 3.05) is 27.3 Å². The van der Waals surface area contributed by atoms with Crippen molar-refractivity contribution in [3.63, 3.8) is 0 Å². The van der Waals surface area contributed by atoms with Crippen molar-refractivity contribution >= 4 is 49.6 Å². The molecule has 2 aromatic carbocycles. The average Bonchev–Trinajstić information content (AvgIpc) is 2.84. The highest BCUT2D eigenvalue weighted by Crippen LogP contribution is 2.17. The van der Waals surface area contributed by atoms with Crippen molar-refractivity contribution in [2.45, 2.75) is 78.3 Å². The van der Waals surface area contributed by atoms with Crippen LogP contribution in [0, 0.1) is 0 Å². The fourth-order valence-corrected chi connectivity index (χ4v) is 3.50. The van der Waals surface area contributed by atoms with Gasteiger partial charge < -0.3 is 20.1 Å². The summed E-state index contributed by atoms with van der Waals surface area (Å²) in [5.74, 6) is 1.95. The largest absolute Gasteiger partial charge is 0.496 e. The minimum absolute atomic E-state index is 0. The van der Waals surface area contributed by atoms with Gasteiger partial charge >= 0.3 is 0 Å². The first-order chi connectivity index (χ1) is 15.8. The van der Waals surface area contributed by atoms with Crippen molar-refractivity contribution in [1.29, 1.82) is 0 Å². The summed E-state index contributed by atoms with van der Waals surface area (Å²) >= 11 is 0. The number of benzene rings is 2. The molecule has 212 valence electrons. The number of unbranched alkanes of at least 4 members (excludes halogenated alkanes) is 6. The van der Waals surface area contributed by atoms with Gasteiger partial charge in [-0.2, -0.15) is 0 Å². The quantitative estimate of drug-likeness (QED) is 0.193. The van der Waals surface area contributed by atoms with E-state index < -0.39 is 0 Å². The van der Waals surface area contributed by atoms with E-state index in [1.165, 1.54) is 62.5 Å².